The smallest absolute Gasteiger partial charge is 0.320 e. The SMILES string of the molecule is C=CCN(C(=O)C(F)(F)F)C(c1ccccc1)c1ccccc1N=C(C#N)C=C. The normalized spacial score (nSPS) is 12.6. The molecule has 0 spiro atoms. The van der Waals surface area contributed by atoms with Crippen LogP contribution in [0, 0.1) is 11.3 Å². The molecule has 29 heavy (non-hydrogen) atoms. The van der Waals surface area contributed by atoms with E-state index in [-0.39, 0.29) is 17.9 Å². The van der Waals surface area contributed by atoms with Crippen LogP contribution in [0.4, 0.5) is 18.9 Å². The number of nitrogens with zero attached hydrogens (tertiary/aromatic N) is 3. The molecule has 4 nitrogen and oxygen atoms in total. The van der Waals surface area contributed by atoms with Crippen LogP contribution >= 0.6 is 0 Å². The Balaban J connectivity index is 2.75. The van der Waals surface area contributed by atoms with E-state index in [1.165, 1.54) is 12.2 Å². The second-order valence-electron chi connectivity index (χ2n) is 5.93. The number of carbonyl (C=O) groups excluding carboxylic acids is 1. The van der Waals surface area contributed by atoms with Crippen LogP contribution in [0.15, 0.2) is 84.9 Å². The van der Waals surface area contributed by atoms with E-state index in [4.69, 9.17) is 5.26 Å². The molecule has 0 saturated heterocycles. The van der Waals surface area contributed by atoms with Crippen LogP contribution in [-0.4, -0.2) is 29.2 Å². The topological polar surface area (TPSA) is 56.5 Å². The summed E-state index contributed by atoms with van der Waals surface area (Å²) >= 11 is 0. The van der Waals surface area contributed by atoms with E-state index in [2.05, 4.69) is 18.2 Å². The zero-order chi connectivity index (χ0) is 21.4. The molecule has 0 aliphatic heterocycles. The maximum atomic E-state index is 13.3. The van der Waals surface area contributed by atoms with Crippen LogP contribution in [-0.2, 0) is 4.79 Å². The van der Waals surface area contributed by atoms with Crippen molar-refractivity contribution < 1.29 is 18.0 Å². The highest BCUT2D eigenvalue weighted by Gasteiger charge is 2.45. The van der Waals surface area contributed by atoms with Gasteiger partial charge in [0, 0.05) is 12.1 Å². The van der Waals surface area contributed by atoms with Crippen molar-refractivity contribution in [1.82, 2.24) is 4.90 Å². The van der Waals surface area contributed by atoms with Gasteiger partial charge in [-0.05, 0) is 17.7 Å². The van der Waals surface area contributed by atoms with Crippen LogP contribution < -0.4 is 0 Å². The first-order valence-electron chi connectivity index (χ1n) is 8.57. The summed E-state index contributed by atoms with van der Waals surface area (Å²) < 4.78 is 40.0. The van der Waals surface area contributed by atoms with Gasteiger partial charge in [0.15, 0.2) is 0 Å². The third-order valence-electron chi connectivity index (χ3n) is 4.04. The fraction of sp³-hybridized carbons (Fsp3) is 0.136. The largest absolute Gasteiger partial charge is 0.471 e. The van der Waals surface area contributed by atoms with E-state index >= 15 is 0 Å². The Hall–Kier alpha value is -3.66. The lowest BCUT2D eigenvalue weighted by atomic mass is 9.95. The maximum absolute atomic E-state index is 13.3. The van der Waals surface area contributed by atoms with Crippen LogP contribution in [0.5, 0.6) is 0 Å². The quantitative estimate of drug-likeness (QED) is 0.480. The minimum Gasteiger partial charge on any atom is -0.320 e. The molecule has 0 heterocycles. The van der Waals surface area contributed by atoms with E-state index in [1.807, 2.05) is 6.07 Å². The van der Waals surface area contributed by atoms with Gasteiger partial charge >= 0.3 is 12.1 Å². The minimum absolute atomic E-state index is 0.00156. The second kappa shape index (κ2) is 9.51. The van der Waals surface area contributed by atoms with Gasteiger partial charge in [0.1, 0.15) is 11.8 Å². The molecule has 2 rings (SSSR count). The second-order valence-corrected chi connectivity index (χ2v) is 5.93. The van der Waals surface area contributed by atoms with Gasteiger partial charge in [-0.25, -0.2) is 4.99 Å². The van der Waals surface area contributed by atoms with E-state index in [0.717, 1.165) is 0 Å². The molecule has 0 N–H and O–H groups in total. The highest BCUT2D eigenvalue weighted by Crippen LogP contribution is 2.37. The number of hydrogen-bond acceptors (Lipinski definition) is 3. The average molecular weight is 397 g/mol. The third kappa shape index (κ3) is 5.20. The summed E-state index contributed by atoms with van der Waals surface area (Å²) in [6.45, 7) is 6.66. The molecule has 148 valence electrons. The molecule has 0 aliphatic rings. The predicted molar refractivity (Wildman–Crippen MR) is 106 cm³/mol. The Morgan fingerprint density at radius 2 is 1.76 bits per heavy atom. The molecule has 1 atom stereocenters. The maximum Gasteiger partial charge on any atom is 0.471 e. The number of halogens is 3. The molecule has 2 aromatic carbocycles. The van der Waals surface area contributed by atoms with Gasteiger partial charge < -0.3 is 4.90 Å². The molecule has 0 fully saturated rings. The Kier molecular flexibility index (Phi) is 7.10. The molecule has 0 aliphatic carbocycles. The van der Waals surface area contributed by atoms with Crippen molar-refractivity contribution in [1.29, 1.82) is 5.26 Å². The third-order valence-corrected chi connectivity index (χ3v) is 4.04. The van der Waals surface area contributed by atoms with E-state index in [0.29, 0.717) is 16.0 Å². The van der Waals surface area contributed by atoms with Gasteiger partial charge in [0.2, 0.25) is 0 Å². The van der Waals surface area contributed by atoms with E-state index in [9.17, 15) is 18.0 Å². The highest BCUT2D eigenvalue weighted by molar-refractivity contribution is 6.08. The lowest BCUT2D eigenvalue weighted by Crippen LogP contribution is -2.43. The fourth-order valence-electron chi connectivity index (χ4n) is 2.84. The number of rotatable bonds is 7. The highest BCUT2D eigenvalue weighted by atomic mass is 19.4. The molecule has 1 amide bonds. The van der Waals surface area contributed by atoms with Crippen molar-refractivity contribution in [3.63, 3.8) is 0 Å². The monoisotopic (exact) mass is 397 g/mol. The molecule has 7 heteroatoms. The Morgan fingerprint density at radius 1 is 1.14 bits per heavy atom. The number of benzene rings is 2. The van der Waals surface area contributed by atoms with Crippen LogP contribution in [0.2, 0.25) is 0 Å². The van der Waals surface area contributed by atoms with Crippen molar-refractivity contribution in [3.8, 4) is 6.07 Å². The number of nitriles is 1. The van der Waals surface area contributed by atoms with E-state index in [1.54, 1.807) is 54.6 Å². The lowest BCUT2D eigenvalue weighted by Gasteiger charge is -2.33. The number of carbonyl (C=O) groups is 1. The molecule has 0 aromatic heterocycles. The molecule has 0 bridgehead atoms. The summed E-state index contributed by atoms with van der Waals surface area (Å²) in [6, 6.07) is 15.5. The molecule has 0 radical (unpaired) electrons. The minimum atomic E-state index is -5.06. The van der Waals surface area contributed by atoms with Crippen molar-refractivity contribution in [2.45, 2.75) is 12.2 Å². The van der Waals surface area contributed by atoms with Gasteiger partial charge in [-0.3, -0.25) is 4.79 Å². The fourth-order valence-corrected chi connectivity index (χ4v) is 2.84. The standard InChI is InChI=1S/C22H18F3N3O/c1-3-14-28(21(29)22(23,24)25)20(16-10-6-5-7-11-16)18-12-8-9-13-19(18)27-17(4-2)15-26/h3-13,20H,1-2,14H2. The number of alkyl halides is 3. The summed E-state index contributed by atoms with van der Waals surface area (Å²) in [5.41, 5.74) is 1.07. The zero-order valence-corrected chi connectivity index (χ0v) is 15.4. The van der Waals surface area contributed by atoms with Crippen molar-refractivity contribution in [2.24, 2.45) is 4.99 Å². The van der Waals surface area contributed by atoms with Gasteiger partial charge in [-0.15, -0.1) is 6.58 Å². The van der Waals surface area contributed by atoms with Gasteiger partial charge in [-0.1, -0.05) is 61.2 Å². The first-order chi connectivity index (χ1) is 13.8. The summed E-state index contributed by atoms with van der Waals surface area (Å²) in [6.07, 6.45) is -2.58. The first-order valence-corrected chi connectivity index (χ1v) is 8.57. The molecule has 0 saturated carbocycles. The van der Waals surface area contributed by atoms with E-state index < -0.39 is 18.1 Å². The van der Waals surface area contributed by atoms with Crippen molar-refractivity contribution in [2.75, 3.05) is 6.54 Å². The lowest BCUT2D eigenvalue weighted by molar-refractivity contribution is -0.186. The van der Waals surface area contributed by atoms with Crippen LogP contribution in [0.1, 0.15) is 17.2 Å². The summed E-state index contributed by atoms with van der Waals surface area (Å²) in [5.74, 6) is -1.99. The zero-order valence-electron chi connectivity index (χ0n) is 15.4. The number of allylic oxidation sites excluding steroid dienone is 1. The van der Waals surface area contributed by atoms with Crippen molar-refractivity contribution in [3.05, 3.63) is 91.0 Å². The van der Waals surface area contributed by atoms with Gasteiger partial charge in [-0.2, -0.15) is 18.4 Å². The molecule has 1 unspecified atom stereocenters. The molecule has 2 aromatic rings. The van der Waals surface area contributed by atoms with Gasteiger partial charge in [0.05, 0.1) is 11.7 Å². The molecular weight excluding hydrogens is 379 g/mol. The number of hydrogen-bond donors (Lipinski definition) is 0. The van der Waals surface area contributed by atoms with Gasteiger partial charge in [0.25, 0.3) is 0 Å². The Morgan fingerprint density at radius 3 is 2.31 bits per heavy atom. The van der Waals surface area contributed by atoms with Crippen LogP contribution in [0.25, 0.3) is 0 Å². The summed E-state index contributed by atoms with van der Waals surface area (Å²) in [5, 5.41) is 9.14. The van der Waals surface area contributed by atoms with Crippen LogP contribution in [0.3, 0.4) is 0 Å². The Labute approximate surface area is 166 Å². The summed E-state index contributed by atoms with van der Waals surface area (Å²) in [4.78, 5) is 17.1. The predicted octanol–water partition coefficient (Wildman–Crippen LogP) is 5.13. The number of amides is 1. The first kappa shape index (κ1) is 21.6. The molecular formula is C22H18F3N3O. The number of para-hydroxylation sites is 1. The van der Waals surface area contributed by atoms with Crippen molar-refractivity contribution >= 4 is 17.3 Å². The number of aliphatic imine (C=N–C) groups is 1. The summed E-state index contributed by atoms with van der Waals surface area (Å²) in [7, 11) is 0. The average Bonchev–Trinajstić information content (AvgIpc) is 2.72. The Bertz CT molecular complexity index is 959.